The van der Waals surface area contributed by atoms with Gasteiger partial charge in [0, 0.05) is 32.9 Å². The van der Waals surface area contributed by atoms with E-state index in [0.29, 0.717) is 0 Å². The van der Waals surface area contributed by atoms with Crippen LogP contribution in [0.4, 0.5) is 0 Å². The molecule has 0 aliphatic heterocycles. The summed E-state index contributed by atoms with van der Waals surface area (Å²) in [5.41, 5.74) is 17.8. The lowest BCUT2D eigenvalue weighted by Gasteiger charge is -2.11. The van der Waals surface area contributed by atoms with Crippen LogP contribution in [0.15, 0.2) is 182 Å². The third-order valence-electron chi connectivity index (χ3n) is 11.0. The van der Waals surface area contributed by atoms with Gasteiger partial charge < -0.3 is 9.13 Å². The Morgan fingerprint density at radius 2 is 0.863 bits per heavy atom. The van der Waals surface area contributed by atoms with Crippen molar-refractivity contribution in [3.8, 4) is 44.8 Å². The zero-order valence-electron chi connectivity index (χ0n) is 27.9. The molecule has 0 amide bonds. The van der Waals surface area contributed by atoms with Crippen molar-refractivity contribution < 1.29 is 0 Å². The van der Waals surface area contributed by atoms with E-state index in [0.717, 1.165) is 12.1 Å². The highest BCUT2D eigenvalue weighted by atomic mass is 15.0. The van der Waals surface area contributed by atoms with Crippen molar-refractivity contribution in [2.24, 2.45) is 0 Å². The number of benzene rings is 8. The van der Waals surface area contributed by atoms with E-state index in [1.807, 2.05) is 0 Å². The zero-order chi connectivity index (χ0) is 33.5. The fourth-order valence-electron chi connectivity index (χ4n) is 8.74. The van der Waals surface area contributed by atoms with Gasteiger partial charge in [-0.15, -0.1) is 0 Å². The highest BCUT2D eigenvalue weighted by Crippen LogP contribution is 2.45. The Labute approximate surface area is 296 Å². The Kier molecular flexibility index (Phi) is 6.05. The summed E-state index contributed by atoms with van der Waals surface area (Å²) < 4.78 is 4.91. The van der Waals surface area contributed by atoms with Crippen LogP contribution in [0.3, 0.4) is 0 Å². The normalized spacial score (nSPS) is 12.2. The maximum Gasteiger partial charge on any atom is 0.0548 e. The molecule has 0 radical (unpaired) electrons. The lowest BCUT2D eigenvalue weighted by atomic mass is 9.96. The second-order valence-electron chi connectivity index (χ2n) is 13.7. The Bertz CT molecular complexity index is 2960. The first kappa shape index (κ1) is 28.2. The van der Waals surface area contributed by atoms with E-state index in [1.165, 1.54) is 93.8 Å². The standard InChI is InChI=1S/C49H32N2/c1-3-12-32(13-4-1)33-22-24-36(25-23-33)50-44-20-9-7-16-41(44)48-46(50)28-29-47-49(48)42-17-8-10-21-45(42)51(47)37-26-27-39-35(30-37)31-43-38(18-11-19-40(39)43)34-14-5-2-6-15-34/h1-30H,31H2. The van der Waals surface area contributed by atoms with Crippen LogP contribution in [-0.2, 0) is 6.42 Å². The van der Waals surface area contributed by atoms with Gasteiger partial charge in [-0.3, -0.25) is 0 Å². The molecule has 11 rings (SSSR count). The van der Waals surface area contributed by atoms with E-state index in [9.17, 15) is 0 Å². The molecular weight excluding hydrogens is 617 g/mol. The average Bonchev–Trinajstić information content (AvgIpc) is 3.86. The minimum Gasteiger partial charge on any atom is -0.309 e. The second kappa shape index (κ2) is 10.9. The maximum atomic E-state index is 2.48. The molecule has 0 saturated carbocycles. The summed E-state index contributed by atoms with van der Waals surface area (Å²) in [5.74, 6) is 0. The molecule has 0 atom stereocenters. The molecule has 1 aliphatic carbocycles. The van der Waals surface area contributed by atoms with Crippen molar-refractivity contribution in [3.05, 3.63) is 193 Å². The van der Waals surface area contributed by atoms with Crippen LogP contribution in [0.5, 0.6) is 0 Å². The van der Waals surface area contributed by atoms with Crippen molar-refractivity contribution in [2.45, 2.75) is 6.42 Å². The molecule has 1 aliphatic rings. The fraction of sp³-hybridized carbons (Fsp3) is 0.0204. The molecule has 0 bridgehead atoms. The van der Waals surface area contributed by atoms with Gasteiger partial charge in [0.05, 0.1) is 22.1 Å². The molecule has 0 unspecified atom stereocenters. The smallest absolute Gasteiger partial charge is 0.0548 e. The summed E-state index contributed by atoms with van der Waals surface area (Å²) in [6.45, 7) is 0. The molecule has 8 aromatic carbocycles. The fourth-order valence-corrected chi connectivity index (χ4v) is 8.74. The molecule has 2 heteroatoms. The van der Waals surface area contributed by atoms with E-state index >= 15 is 0 Å². The highest BCUT2D eigenvalue weighted by molar-refractivity contribution is 6.28. The van der Waals surface area contributed by atoms with Crippen molar-refractivity contribution in [1.29, 1.82) is 0 Å². The molecule has 0 fully saturated rings. The van der Waals surface area contributed by atoms with Gasteiger partial charge in [-0.2, -0.15) is 0 Å². The van der Waals surface area contributed by atoms with Crippen LogP contribution in [-0.4, -0.2) is 9.13 Å². The topological polar surface area (TPSA) is 9.86 Å². The second-order valence-corrected chi connectivity index (χ2v) is 13.7. The molecule has 238 valence electrons. The molecule has 0 spiro atoms. The van der Waals surface area contributed by atoms with Crippen LogP contribution in [0, 0.1) is 0 Å². The van der Waals surface area contributed by atoms with E-state index in [2.05, 4.69) is 191 Å². The Morgan fingerprint density at radius 3 is 1.53 bits per heavy atom. The maximum absolute atomic E-state index is 2.48. The summed E-state index contributed by atoms with van der Waals surface area (Å²) in [4.78, 5) is 0. The number of para-hydroxylation sites is 2. The summed E-state index contributed by atoms with van der Waals surface area (Å²) >= 11 is 0. The minimum absolute atomic E-state index is 0.932. The van der Waals surface area contributed by atoms with Crippen LogP contribution in [0.2, 0.25) is 0 Å². The summed E-state index contributed by atoms with van der Waals surface area (Å²) in [6.07, 6.45) is 0.932. The first-order chi connectivity index (χ1) is 25.3. The van der Waals surface area contributed by atoms with Gasteiger partial charge in [0.15, 0.2) is 0 Å². The van der Waals surface area contributed by atoms with Crippen LogP contribution in [0.1, 0.15) is 11.1 Å². The minimum atomic E-state index is 0.932. The summed E-state index contributed by atoms with van der Waals surface area (Å²) in [5, 5.41) is 5.14. The third kappa shape index (κ3) is 4.17. The number of rotatable bonds is 4. The first-order valence-corrected chi connectivity index (χ1v) is 17.7. The van der Waals surface area contributed by atoms with Crippen molar-refractivity contribution in [1.82, 2.24) is 9.13 Å². The molecule has 51 heavy (non-hydrogen) atoms. The lowest BCUT2D eigenvalue weighted by molar-refractivity contribution is 1.16. The summed E-state index contributed by atoms with van der Waals surface area (Å²) in [7, 11) is 0. The van der Waals surface area contributed by atoms with Gasteiger partial charge in [-0.05, 0) is 99.5 Å². The van der Waals surface area contributed by atoms with Gasteiger partial charge in [0.2, 0.25) is 0 Å². The van der Waals surface area contributed by atoms with Crippen LogP contribution < -0.4 is 0 Å². The molecule has 0 saturated heterocycles. The van der Waals surface area contributed by atoms with Gasteiger partial charge in [0.1, 0.15) is 0 Å². The molecular formula is C49H32N2. The Balaban J connectivity index is 1.11. The summed E-state index contributed by atoms with van der Waals surface area (Å²) in [6, 6.07) is 66.7. The number of aromatic nitrogens is 2. The van der Waals surface area contributed by atoms with E-state index < -0.39 is 0 Å². The number of fused-ring (bicyclic) bond motifs is 10. The molecule has 2 heterocycles. The van der Waals surface area contributed by atoms with Gasteiger partial charge in [-0.25, -0.2) is 0 Å². The van der Waals surface area contributed by atoms with Crippen molar-refractivity contribution >= 4 is 43.6 Å². The predicted molar refractivity (Wildman–Crippen MR) is 214 cm³/mol. The van der Waals surface area contributed by atoms with Gasteiger partial charge >= 0.3 is 0 Å². The largest absolute Gasteiger partial charge is 0.309 e. The van der Waals surface area contributed by atoms with E-state index in [-0.39, 0.29) is 0 Å². The number of hydrogen-bond acceptors (Lipinski definition) is 0. The quantitative estimate of drug-likeness (QED) is 0.180. The SMILES string of the molecule is c1ccc(-c2ccc(-n3c4ccccc4c4c5c6ccccc6n(-c6ccc7c(c6)Cc6c(-c8ccccc8)cccc6-7)c5ccc43)cc2)cc1. The monoisotopic (exact) mass is 648 g/mol. The highest BCUT2D eigenvalue weighted by Gasteiger charge is 2.24. The van der Waals surface area contributed by atoms with Crippen molar-refractivity contribution in [2.75, 3.05) is 0 Å². The van der Waals surface area contributed by atoms with Crippen LogP contribution in [0.25, 0.3) is 88.4 Å². The molecule has 2 nitrogen and oxygen atoms in total. The predicted octanol–water partition coefficient (Wildman–Crippen LogP) is 12.8. The zero-order valence-corrected chi connectivity index (χ0v) is 27.9. The first-order valence-electron chi connectivity index (χ1n) is 17.7. The van der Waals surface area contributed by atoms with Crippen LogP contribution >= 0.6 is 0 Å². The van der Waals surface area contributed by atoms with Crippen molar-refractivity contribution in [3.63, 3.8) is 0 Å². The lowest BCUT2D eigenvalue weighted by Crippen LogP contribution is -1.96. The number of hydrogen-bond donors (Lipinski definition) is 0. The average molecular weight is 649 g/mol. The van der Waals surface area contributed by atoms with E-state index in [1.54, 1.807) is 0 Å². The van der Waals surface area contributed by atoms with Gasteiger partial charge in [-0.1, -0.05) is 133 Å². The number of nitrogens with zero attached hydrogens (tertiary/aromatic N) is 2. The molecule has 2 aromatic heterocycles. The Hall–Kier alpha value is -6.64. The third-order valence-corrected chi connectivity index (χ3v) is 11.0. The van der Waals surface area contributed by atoms with E-state index in [4.69, 9.17) is 0 Å². The van der Waals surface area contributed by atoms with Gasteiger partial charge in [0.25, 0.3) is 0 Å². The molecule has 0 N–H and O–H groups in total. The Morgan fingerprint density at radius 1 is 0.333 bits per heavy atom. The molecule has 10 aromatic rings.